The summed E-state index contributed by atoms with van der Waals surface area (Å²) in [5.74, 6) is -0.336. The number of halogens is 4. The van der Waals surface area contributed by atoms with Crippen LogP contribution in [0.4, 0.5) is 17.6 Å². The molecule has 3 aromatic rings. The molecular formula is C17H12F4N2. The SMILES string of the molecule is Fc1ccc(-c2ccn(Cc3cccc(C(F)(F)F)c3)n2)cc1. The van der Waals surface area contributed by atoms with Crippen LogP contribution in [0.5, 0.6) is 0 Å². The van der Waals surface area contributed by atoms with Crippen LogP contribution in [0.25, 0.3) is 11.3 Å². The van der Waals surface area contributed by atoms with E-state index >= 15 is 0 Å². The number of hydrogen-bond acceptors (Lipinski definition) is 1. The zero-order chi connectivity index (χ0) is 16.4. The summed E-state index contributed by atoms with van der Waals surface area (Å²) in [7, 11) is 0. The van der Waals surface area contributed by atoms with Gasteiger partial charge in [0.2, 0.25) is 0 Å². The average Bonchev–Trinajstić information content (AvgIpc) is 2.96. The topological polar surface area (TPSA) is 17.8 Å². The van der Waals surface area contributed by atoms with E-state index in [0.29, 0.717) is 11.3 Å². The predicted octanol–water partition coefficient (Wildman–Crippen LogP) is 4.76. The molecule has 3 rings (SSSR count). The fourth-order valence-electron chi connectivity index (χ4n) is 2.26. The van der Waals surface area contributed by atoms with Gasteiger partial charge in [0.25, 0.3) is 0 Å². The second kappa shape index (κ2) is 5.87. The van der Waals surface area contributed by atoms with E-state index in [2.05, 4.69) is 5.10 Å². The lowest BCUT2D eigenvalue weighted by atomic mass is 10.1. The molecule has 118 valence electrons. The van der Waals surface area contributed by atoms with Gasteiger partial charge in [-0.1, -0.05) is 12.1 Å². The van der Waals surface area contributed by atoms with Gasteiger partial charge in [-0.05, 0) is 48.0 Å². The minimum Gasteiger partial charge on any atom is -0.268 e. The van der Waals surface area contributed by atoms with E-state index in [-0.39, 0.29) is 12.4 Å². The second-order valence-electron chi connectivity index (χ2n) is 5.10. The zero-order valence-corrected chi connectivity index (χ0v) is 11.9. The van der Waals surface area contributed by atoms with Gasteiger partial charge in [-0.15, -0.1) is 0 Å². The molecule has 0 saturated heterocycles. The number of hydrogen-bond donors (Lipinski definition) is 0. The molecular weight excluding hydrogens is 308 g/mol. The molecule has 0 unspecified atom stereocenters. The van der Waals surface area contributed by atoms with Gasteiger partial charge < -0.3 is 0 Å². The summed E-state index contributed by atoms with van der Waals surface area (Å²) in [4.78, 5) is 0. The Kier molecular flexibility index (Phi) is 3.90. The van der Waals surface area contributed by atoms with Gasteiger partial charge in [0, 0.05) is 11.8 Å². The maximum atomic E-state index is 12.9. The van der Waals surface area contributed by atoms with Crippen molar-refractivity contribution in [1.82, 2.24) is 9.78 Å². The number of nitrogens with zero attached hydrogens (tertiary/aromatic N) is 2. The molecule has 0 radical (unpaired) electrons. The molecule has 2 aromatic carbocycles. The van der Waals surface area contributed by atoms with Crippen molar-refractivity contribution in [3.8, 4) is 11.3 Å². The van der Waals surface area contributed by atoms with Crippen molar-refractivity contribution in [3.05, 3.63) is 77.7 Å². The third-order valence-electron chi connectivity index (χ3n) is 3.38. The number of alkyl halides is 3. The van der Waals surface area contributed by atoms with Gasteiger partial charge in [0.05, 0.1) is 17.8 Å². The van der Waals surface area contributed by atoms with Gasteiger partial charge in [-0.2, -0.15) is 18.3 Å². The van der Waals surface area contributed by atoms with Crippen molar-refractivity contribution in [2.45, 2.75) is 12.7 Å². The molecule has 0 amide bonds. The summed E-state index contributed by atoms with van der Waals surface area (Å²) in [6, 6.07) is 12.8. The van der Waals surface area contributed by atoms with E-state index in [4.69, 9.17) is 0 Å². The fraction of sp³-hybridized carbons (Fsp3) is 0.118. The van der Waals surface area contributed by atoms with Crippen LogP contribution in [0.1, 0.15) is 11.1 Å². The molecule has 6 heteroatoms. The molecule has 0 atom stereocenters. The first-order chi connectivity index (χ1) is 10.9. The number of rotatable bonds is 3. The molecule has 0 aliphatic carbocycles. The minimum atomic E-state index is -4.36. The van der Waals surface area contributed by atoms with Crippen LogP contribution < -0.4 is 0 Å². The maximum Gasteiger partial charge on any atom is 0.416 e. The van der Waals surface area contributed by atoms with Crippen molar-refractivity contribution >= 4 is 0 Å². The summed E-state index contributed by atoms with van der Waals surface area (Å²) < 4.78 is 52.6. The molecule has 2 nitrogen and oxygen atoms in total. The predicted molar refractivity (Wildman–Crippen MR) is 78.2 cm³/mol. The fourth-order valence-corrected chi connectivity index (χ4v) is 2.26. The van der Waals surface area contributed by atoms with Crippen LogP contribution in [0.2, 0.25) is 0 Å². The summed E-state index contributed by atoms with van der Waals surface area (Å²) in [6.07, 6.45) is -2.68. The Bertz CT molecular complexity index is 804. The van der Waals surface area contributed by atoms with Crippen LogP contribution in [-0.4, -0.2) is 9.78 Å². The molecule has 1 aromatic heterocycles. The highest BCUT2D eigenvalue weighted by atomic mass is 19.4. The summed E-state index contributed by atoms with van der Waals surface area (Å²) in [5.41, 5.74) is 1.21. The first kappa shape index (κ1) is 15.3. The lowest BCUT2D eigenvalue weighted by molar-refractivity contribution is -0.137. The van der Waals surface area contributed by atoms with Crippen LogP contribution >= 0.6 is 0 Å². The van der Waals surface area contributed by atoms with E-state index in [9.17, 15) is 17.6 Å². The number of aromatic nitrogens is 2. The van der Waals surface area contributed by atoms with Crippen LogP contribution in [0.15, 0.2) is 60.8 Å². The Labute approximate surface area is 130 Å². The van der Waals surface area contributed by atoms with Crippen LogP contribution in [0, 0.1) is 5.82 Å². The first-order valence-electron chi connectivity index (χ1n) is 6.87. The van der Waals surface area contributed by atoms with Gasteiger partial charge in [0.15, 0.2) is 0 Å². The van der Waals surface area contributed by atoms with Crippen molar-refractivity contribution in [2.75, 3.05) is 0 Å². The normalized spacial score (nSPS) is 11.7. The Morgan fingerprint density at radius 3 is 2.39 bits per heavy atom. The Balaban J connectivity index is 1.81. The highest BCUT2D eigenvalue weighted by Crippen LogP contribution is 2.29. The third-order valence-corrected chi connectivity index (χ3v) is 3.38. The highest BCUT2D eigenvalue weighted by Gasteiger charge is 2.30. The van der Waals surface area contributed by atoms with Crippen LogP contribution in [0.3, 0.4) is 0 Å². The second-order valence-corrected chi connectivity index (χ2v) is 5.10. The summed E-state index contributed by atoms with van der Waals surface area (Å²) in [6.45, 7) is 0.227. The summed E-state index contributed by atoms with van der Waals surface area (Å²) >= 11 is 0. The molecule has 1 heterocycles. The monoisotopic (exact) mass is 320 g/mol. The first-order valence-corrected chi connectivity index (χ1v) is 6.87. The van der Waals surface area contributed by atoms with Gasteiger partial charge in [-0.3, -0.25) is 4.68 Å². The van der Waals surface area contributed by atoms with E-state index in [1.165, 1.54) is 18.2 Å². The maximum absolute atomic E-state index is 12.9. The van der Waals surface area contributed by atoms with Crippen molar-refractivity contribution in [3.63, 3.8) is 0 Å². The quantitative estimate of drug-likeness (QED) is 0.636. The highest BCUT2D eigenvalue weighted by molar-refractivity contribution is 5.58. The van der Waals surface area contributed by atoms with Crippen molar-refractivity contribution in [1.29, 1.82) is 0 Å². The number of benzene rings is 2. The van der Waals surface area contributed by atoms with E-state index < -0.39 is 11.7 Å². The average molecular weight is 320 g/mol. The largest absolute Gasteiger partial charge is 0.416 e. The van der Waals surface area contributed by atoms with Crippen molar-refractivity contribution < 1.29 is 17.6 Å². The Hall–Kier alpha value is -2.63. The van der Waals surface area contributed by atoms with Crippen LogP contribution in [-0.2, 0) is 12.7 Å². The lowest BCUT2D eigenvalue weighted by Gasteiger charge is -2.08. The smallest absolute Gasteiger partial charge is 0.268 e. The third kappa shape index (κ3) is 3.59. The summed E-state index contributed by atoms with van der Waals surface area (Å²) in [5, 5.41) is 4.31. The Morgan fingerprint density at radius 1 is 0.957 bits per heavy atom. The molecule has 23 heavy (non-hydrogen) atoms. The van der Waals surface area contributed by atoms with Gasteiger partial charge in [-0.25, -0.2) is 4.39 Å². The molecule has 0 bridgehead atoms. The molecule has 0 aliphatic rings. The Morgan fingerprint density at radius 2 is 1.70 bits per heavy atom. The minimum absolute atomic E-state index is 0.227. The van der Waals surface area contributed by atoms with Gasteiger partial charge >= 0.3 is 6.18 Å². The molecule has 0 N–H and O–H groups in total. The molecule has 0 aliphatic heterocycles. The van der Waals surface area contributed by atoms with E-state index in [1.54, 1.807) is 35.1 Å². The zero-order valence-electron chi connectivity index (χ0n) is 11.9. The lowest BCUT2D eigenvalue weighted by Crippen LogP contribution is -2.07. The molecule has 0 fully saturated rings. The standard InChI is InChI=1S/C17H12F4N2/c18-15-6-4-13(5-7-15)16-8-9-23(22-16)11-12-2-1-3-14(10-12)17(19,20)21/h1-10H,11H2. The molecule has 0 spiro atoms. The molecule has 0 saturated carbocycles. The van der Waals surface area contributed by atoms with Crippen molar-refractivity contribution in [2.24, 2.45) is 0 Å². The van der Waals surface area contributed by atoms with Gasteiger partial charge in [0.1, 0.15) is 5.82 Å². The van der Waals surface area contributed by atoms with E-state index in [1.807, 2.05) is 0 Å². The van der Waals surface area contributed by atoms with E-state index in [0.717, 1.165) is 17.7 Å².